The first-order chi connectivity index (χ1) is 24.1. The van der Waals surface area contributed by atoms with Crippen molar-refractivity contribution in [3.63, 3.8) is 0 Å². The van der Waals surface area contributed by atoms with E-state index in [-0.39, 0.29) is 35.7 Å². The molecule has 0 aromatic heterocycles. The minimum absolute atomic E-state index is 0.0338. The van der Waals surface area contributed by atoms with E-state index in [9.17, 15) is 19.2 Å². The molecule has 10 atom stereocenters. The van der Waals surface area contributed by atoms with E-state index in [4.69, 9.17) is 23.2 Å². The van der Waals surface area contributed by atoms with Crippen LogP contribution in [0.1, 0.15) is 101 Å². The summed E-state index contributed by atoms with van der Waals surface area (Å²) >= 11 is 11.8. The average molecular weight is 715 g/mol. The standard InChI is InChI=1S/C24H23ClN2O3.C17H22ClNO/c1-2-20(26-22(28)13-7-9-14(25)10-8-13)21-18-11-15(12-19(18)21)27-23(29)16-5-3-4-6-17(16)24(27)30;1-3-15(16-13-8-10(2)9-14(13)16)19-17(20)11-4-6-12(18)7-5-11/h3-10,15,18-21H,2,11-12H2,1H3,(H,26,28);4-7,10,13-16H,3,8-9H2,1-2H3,(H,19,20)/t15?,18-,19+,20?,21?;10?,13-,14+,15?,16?. The number of halogens is 2. The van der Waals surface area contributed by atoms with Gasteiger partial charge < -0.3 is 10.6 Å². The molecule has 4 amide bonds. The second kappa shape index (κ2) is 14.1. The largest absolute Gasteiger partial charge is 0.349 e. The minimum atomic E-state index is -0.165. The van der Waals surface area contributed by atoms with Crippen molar-refractivity contribution < 1.29 is 19.2 Å². The minimum Gasteiger partial charge on any atom is -0.349 e. The second-order valence-corrected chi connectivity index (χ2v) is 15.9. The van der Waals surface area contributed by atoms with Gasteiger partial charge in [-0.2, -0.15) is 0 Å². The SMILES string of the molecule is CCC(NC(=O)c1ccc(Cl)cc1)C1[C@H]2CC(C)C[C@@H]12.CCC(NC(=O)c1ccc(Cl)cc1)C1[C@H]2CC(N3C(=O)c4ccccc4C3=O)C[C@@H]12. The van der Waals surface area contributed by atoms with Gasteiger partial charge in [-0.3, -0.25) is 24.1 Å². The van der Waals surface area contributed by atoms with E-state index in [2.05, 4.69) is 31.4 Å². The zero-order valence-electron chi connectivity index (χ0n) is 28.8. The molecule has 2 N–H and O–H groups in total. The molecule has 1 heterocycles. The zero-order chi connectivity index (χ0) is 35.3. The molecule has 9 heteroatoms. The van der Waals surface area contributed by atoms with Crippen molar-refractivity contribution in [2.45, 2.75) is 77.4 Å². The number of hydrogen-bond acceptors (Lipinski definition) is 4. The van der Waals surface area contributed by atoms with Gasteiger partial charge in [-0.15, -0.1) is 0 Å². The van der Waals surface area contributed by atoms with Gasteiger partial charge in [-0.25, -0.2) is 0 Å². The van der Waals surface area contributed by atoms with Gasteiger partial charge in [0, 0.05) is 39.3 Å². The summed E-state index contributed by atoms with van der Waals surface area (Å²) < 4.78 is 0. The summed E-state index contributed by atoms with van der Waals surface area (Å²) in [7, 11) is 0. The molecule has 0 spiro atoms. The Kier molecular flexibility index (Phi) is 9.83. The number of fused-ring (bicyclic) bond motifs is 3. The summed E-state index contributed by atoms with van der Waals surface area (Å²) in [5.74, 6) is 4.26. The number of nitrogens with zero attached hydrogens (tertiary/aromatic N) is 1. The Hall–Kier alpha value is -3.68. The van der Waals surface area contributed by atoms with Crippen LogP contribution in [0.3, 0.4) is 0 Å². The first-order valence-corrected chi connectivity index (χ1v) is 18.9. The Morgan fingerprint density at radius 2 is 1.04 bits per heavy atom. The van der Waals surface area contributed by atoms with E-state index in [1.54, 1.807) is 72.8 Å². The predicted molar refractivity (Wildman–Crippen MR) is 195 cm³/mol. The summed E-state index contributed by atoms with van der Waals surface area (Å²) in [6, 6.07) is 21.5. The molecule has 4 fully saturated rings. The molecular weight excluding hydrogens is 669 g/mol. The lowest BCUT2D eigenvalue weighted by Crippen LogP contribution is -2.41. The molecule has 3 aromatic carbocycles. The number of carbonyl (C=O) groups is 4. The molecule has 0 radical (unpaired) electrons. The first-order valence-electron chi connectivity index (χ1n) is 18.2. The Labute approximate surface area is 304 Å². The molecule has 1 aliphatic heterocycles. The van der Waals surface area contributed by atoms with Gasteiger partial charge in [0.2, 0.25) is 0 Å². The monoisotopic (exact) mass is 713 g/mol. The number of rotatable bonds is 9. The molecular formula is C41H45Cl2N3O4. The number of hydrogen-bond donors (Lipinski definition) is 2. The lowest BCUT2D eigenvalue weighted by atomic mass is 9.96. The van der Waals surface area contributed by atoms with Gasteiger partial charge in [0.05, 0.1) is 11.1 Å². The maximum absolute atomic E-state index is 12.8. The van der Waals surface area contributed by atoms with Crippen LogP contribution >= 0.6 is 23.2 Å². The highest BCUT2D eigenvalue weighted by Gasteiger charge is 2.61. The predicted octanol–water partition coefficient (Wildman–Crippen LogP) is 8.31. The zero-order valence-corrected chi connectivity index (χ0v) is 30.3. The average Bonchev–Trinajstić information content (AvgIpc) is 3.76. The van der Waals surface area contributed by atoms with Crippen LogP contribution in [-0.2, 0) is 0 Å². The third-order valence-electron chi connectivity index (χ3n) is 12.1. The fourth-order valence-electron chi connectivity index (χ4n) is 9.62. The van der Waals surface area contributed by atoms with Crippen molar-refractivity contribution >= 4 is 46.8 Å². The molecule has 6 unspecified atom stereocenters. The van der Waals surface area contributed by atoms with E-state index in [1.807, 2.05) is 0 Å². The van der Waals surface area contributed by atoms with Crippen molar-refractivity contribution in [1.29, 1.82) is 0 Å². The van der Waals surface area contributed by atoms with E-state index >= 15 is 0 Å². The number of nitrogens with one attached hydrogen (secondary N) is 2. The van der Waals surface area contributed by atoms with Crippen LogP contribution in [0.2, 0.25) is 10.0 Å². The lowest BCUT2D eigenvalue weighted by molar-refractivity contribution is 0.0572. The molecule has 4 saturated carbocycles. The summed E-state index contributed by atoms with van der Waals surface area (Å²) in [5.41, 5.74) is 2.34. The van der Waals surface area contributed by atoms with Crippen LogP contribution < -0.4 is 10.6 Å². The molecule has 0 bridgehead atoms. The van der Waals surface area contributed by atoms with Crippen molar-refractivity contribution in [2.24, 2.45) is 41.4 Å². The van der Waals surface area contributed by atoms with E-state index < -0.39 is 0 Å². The van der Waals surface area contributed by atoms with Crippen LogP contribution in [0.15, 0.2) is 72.8 Å². The van der Waals surface area contributed by atoms with Crippen molar-refractivity contribution in [1.82, 2.24) is 15.5 Å². The number of amides is 4. The van der Waals surface area contributed by atoms with E-state index in [1.165, 1.54) is 17.7 Å². The fraction of sp³-hybridized carbons (Fsp3) is 0.463. The molecule has 4 aliphatic carbocycles. The van der Waals surface area contributed by atoms with Crippen LogP contribution in [-0.4, -0.2) is 46.7 Å². The summed E-state index contributed by atoms with van der Waals surface area (Å²) in [6.07, 6.45) is 6.23. The van der Waals surface area contributed by atoms with E-state index in [0.29, 0.717) is 62.0 Å². The van der Waals surface area contributed by atoms with Gasteiger partial charge in [0.25, 0.3) is 23.6 Å². The highest BCUT2D eigenvalue weighted by molar-refractivity contribution is 6.31. The summed E-state index contributed by atoms with van der Waals surface area (Å²) in [4.78, 5) is 51.9. The Bertz CT molecular complexity index is 1720. The molecule has 0 saturated heterocycles. The maximum Gasteiger partial charge on any atom is 0.261 e. The van der Waals surface area contributed by atoms with Gasteiger partial charge >= 0.3 is 0 Å². The van der Waals surface area contributed by atoms with Gasteiger partial charge in [0.1, 0.15) is 0 Å². The molecule has 5 aliphatic rings. The van der Waals surface area contributed by atoms with Crippen LogP contribution in [0.4, 0.5) is 0 Å². The lowest BCUT2D eigenvalue weighted by Gasteiger charge is -2.26. The number of carbonyl (C=O) groups excluding carboxylic acids is 4. The normalized spacial score (nSPS) is 29.6. The summed E-state index contributed by atoms with van der Waals surface area (Å²) in [6.45, 7) is 6.60. The fourth-order valence-corrected chi connectivity index (χ4v) is 9.87. The molecule has 50 heavy (non-hydrogen) atoms. The van der Waals surface area contributed by atoms with E-state index in [0.717, 1.165) is 43.4 Å². The van der Waals surface area contributed by atoms with Gasteiger partial charge in [-0.05, 0) is 141 Å². The number of imide groups is 1. The van der Waals surface area contributed by atoms with Crippen molar-refractivity contribution in [2.75, 3.05) is 0 Å². The van der Waals surface area contributed by atoms with Crippen LogP contribution in [0.25, 0.3) is 0 Å². The third kappa shape index (κ3) is 6.71. The highest BCUT2D eigenvalue weighted by atomic mass is 35.5. The smallest absolute Gasteiger partial charge is 0.261 e. The van der Waals surface area contributed by atoms with Crippen molar-refractivity contribution in [3.8, 4) is 0 Å². The Balaban J connectivity index is 0.000000170. The molecule has 3 aromatic rings. The quantitative estimate of drug-likeness (QED) is 0.218. The van der Waals surface area contributed by atoms with Crippen LogP contribution in [0, 0.1) is 41.4 Å². The highest BCUT2D eigenvalue weighted by Crippen LogP contribution is 2.62. The van der Waals surface area contributed by atoms with Crippen molar-refractivity contribution in [3.05, 3.63) is 105 Å². The molecule has 262 valence electrons. The number of benzene rings is 3. The maximum atomic E-state index is 12.8. The topological polar surface area (TPSA) is 95.6 Å². The van der Waals surface area contributed by atoms with Gasteiger partial charge in [-0.1, -0.05) is 56.1 Å². The Morgan fingerprint density at radius 3 is 1.42 bits per heavy atom. The summed E-state index contributed by atoms with van der Waals surface area (Å²) in [5, 5.41) is 7.68. The van der Waals surface area contributed by atoms with Gasteiger partial charge in [0.15, 0.2) is 0 Å². The second-order valence-electron chi connectivity index (χ2n) is 15.0. The Morgan fingerprint density at radius 1 is 0.660 bits per heavy atom. The van der Waals surface area contributed by atoms with Crippen LogP contribution in [0.5, 0.6) is 0 Å². The molecule has 7 nitrogen and oxygen atoms in total. The molecule has 8 rings (SSSR count). The first kappa shape index (κ1) is 34.8. The third-order valence-corrected chi connectivity index (χ3v) is 12.6.